The maximum Gasteiger partial charge on any atom is 0.0645 e. The predicted molar refractivity (Wildman–Crippen MR) is 247 cm³/mol. The third-order valence-corrected chi connectivity index (χ3v) is 11.3. The van der Waals surface area contributed by atoms with E-state index in [1.807, 2.05) is 77.7 Å². The summed E-state index contributed by atoms with van der Waals surface area (Å²) in [5.41, 5.74) is 10.1. The number of nitrogens with zero attached hydrogens (tertiary/aromatic N) is 2. The normalized spacial score (nSPS) is 12.4. The highest BCUT2D eigenvalue weighted by atomic mass is 15.1. The van der Waals surface area contributed by atoms with Crippen molar-refractivity contribution < 1.29 is 5.48 Å². The number of benzene rings is 10. The molecule has 0 amide bonds. The summed E-state index contributed by atoms with van der Waals surface area (Å²) in [4.78, 5) is 1.86. The van der Waals surface area contributed by atoms with Crippen molar-refractivity contribution in [2.75, 3.05) is 4.90 Å². The zero-order valence-electron chi connectivity index (χ0n) is 35.5. The lowest BCUT2D eigenvalue weighted by Gasteiger charge is -2.26. The number of hydrogen-bond donors (Lipinski definition) is 0. The van der Waals surface area contributed by atoms with Gasteiger partial charge in [-0.05, 0) is 104 Å². The minimum Gasteiger partial charge on any atom is -0.311 e. The molecule has 1 aromatic heterocycles. The third kappa shape index (κ3) is 5.74. The van der Waals surface area contributed by atoms with Crippen LogP contribution in [0.4, 0.5) is 17.1 Å². The Morgan fingerprint density at radius 3 is 1.29 bits per heavy atom. The largest absolute Gasteiger partial charge is 0.311 e. The molecule has 2 nitrogen and oxygen atoms in total. The summed E-state index contributed by atoms with van der Waals surface area (Å²) in [5, 5.41) is 6.55. The lowest BCUT2D eigenvalue weighted by molar-refractivity contribution is 1.18. The van der Waals surface area contributed by atoms with Gasteiger partial charge in [0.05, 0.1) is 22.2 Å². The molecule has 272 valence electrons. The van der Waals surface area contributed by atoms with E-state index in [1.54, 1.807) is 0 Å². The van der Waals surface area contributed by atoms with E-state index in [2.05, 4.69) is 138 Å². The molecule has 0 saturated carbocycles. The van der Waals surface area contributed by atoms with Crippen molar-refractivity contribution in [1.82, 2.24) is 4.57 Å². The fourth-order valence-corrected chi connectivity index (χ4v) is 8.56. The van der Waals surface area contributed by atoms with E-state index < -0.39 is 0 Å². The molecule has 0 bridgehead atoms. The Kier molecular flexibility index (Phi) is 7.20. The lowest BCUT2D eigenvalue weighted by atomic mass is 9.97. The van der Waals surface area contributed by atoms with Gasteiger partial charge < -0.3 is 9.47 Å². The van der Waals surface area contributed by atoms with Crippen molar-refractivity contribution in [3.63, 3.8) is 0 Å². The summed E-state index contributed by atoms with van der Waals surface area (Å²) < 4.78 is 40.5. The number of aromatic nitrogens is 1. The van der Waals surface area contributed by atoms with E-state index in [9.17, 15) is 5.48 Å². The monoisotopic (exact) mass is 742 g/mol. The minimum atomic E-state index is -0.118. The number of hydrogen-bond acceptors (Lipinski definition) is 1. The Labute approximate surface area is 343 Å². The number of rotatable bonds is 7. The molecule has 0 aliphatic carbocycles. The molecule has 0 spiro atoms. The molecular weight excluding hydrogens is 701 g/mol. The summed E-state index contributed by atoms with van der Waals surface area (Å²) in [6, 6.07) is 69.7. The van der Waals surface area contributed by atoms with Crippen LogP contribution in [-0.4, -0.2) is 4.57 Å². The van der Waals surface area contributed by atoms with Gasteiger partial charge in [0.15, 0.2) is 0 Å². The molecule has 11 rings (SSSR count). The molecule has 0 radical (unpaired) electrons. The molecule has 58 heavy (non-hydrogen) atoms. The van der Waals surface area contributed by atoms with Crippen molar-refractivity contribution in [3.05, 3.63) is 230 Å². The molecular formula is C56H38N2. The summed E-state index contributed by atoms with van der Waals surface area (Å²) in [7, 11) is 0. The Morgan fingerprint density at radius 2 is 0.724 bits per heavy atom. The van der Waals surface area contributed by atoms with E-state index in [0.29, 0.717) is 16.9 Å². The Balaban J connectivity index is 1.07. The van der Waals surface area contributed by atoms with Crippen LogP contribution >= 0.6 is 0 Å². The van der Waals surface area contributed by atoms with Gasteiger partial charge in [0.2, 0.25) is 0 Å². The average Bonchev–Trinajstić information content (AvgIpc) is 3.67. The van der Waals surface area contributed by atoms with E-state index in [-0.39, 0.29) is 35.4 Å². The molecule has 0 atom stereocenters. The summed E-state index contributed by atoms with van der Waals surface area (Å²) in [5.74, 6) is 0. The molecule has 0 fully saturated rings. The second-order valence-electron chi connectivity index (χ2n) is 14.6. The van der Waals surface area contributed by atoms with E-state index in [1.165, 1.54) is 10.8 Å². The zero-order valence-corrected chi connectivity index (χ0v) is 31.5. The Morgan fingerprint density at radius 1 is 0.310 bits per heavy atom. The van der Waals surface area contributed by atoms with Crippen LogP contribution in [-0.2, 0) is 0 Å². The molecule has 0 N–H and O–H groups in total. The van der Waals surface area contributed by atoms with Crippen LogP contribution < -0.4 is 4.90 Å². The third-order valence-electron chi connectivity index (χ3n) is 11.3. The van der Waals surface area contributed by atoms with Gasteiger partial charge in [-0.25, -0.2) is 0 Å². The van der Waals surface area contributed by atoms with Crippen molar-refractivity contribution in [3.8, 4) is 39.1 Å². The van der Waals surface area contributed by atoms with Crippen LogP contribution in [0.3, 0.4) is 0 Å². The molecule has 0 unspecified atom stereocenters. The highest BCUT2D eigenvalue weighted by molar-refractivity contribution is 6.10. The Hall–Kier alpha value is -7.68. The van der Waals surface area contributed by atoms with Crippen molar-refractivity contribution in [2.45, 2.75) is 0 Å². The maximum absolute atomic E-state index is 9.61. The zero-order chi connectivity index (χ0) is 41.9. The van der Waals surface area contributed by atoms with Crippen LogP contribution in [0.5, 0.6) is 0 Å². The topological polar surface area (TPSA) is 8.17 Å². The average molecular weight is 743 g/mol. The number of fused-ring (bicyclic) bond motifs is 5. The van der Waals surface area contributed by atoms with Crippen LogP contribution in [0.25, 0.3) is 82.4 Å². The first-order valence-electron chi connectivity index (χ1n) is 21.6. The van der Waals surface area contributed by atoms with Gasteiger partial charge in [0, 0.05) is 33.4 Å². The van der Waals surface area contributed by atoms with E-state index >= 15 is 0 Å². The van der Waals surface area contributed by atoms with Crippen LogP contribution in [0, 0.1) is 0 Å². The van der Waals surface area contributed by atoms with Gasteiger partial charge in [-0.15, -0.1) is 0 Å². The van der Waals surface area contributed by atoms with Crippen molar-refractivity contribution in [1.29, 1.82) is 0 Å². The lowest BCUT2D eigenvalue weighted by Crippen LogP contribution is -2.09. The molecule has 0 saturated heterocycles. The van der Waals surface area contributed by atoms with E-state index in [0.717, 1.165) is 60.5 Å². The molecule has 0 aliphatic heterocycles. The summed E-state index contributed by atoms with van der Waals surface area (Å²) in [6.45, 7) is 0. The first-order valence-corrected chi connectivity index (χ1v) is 19.6. The van der Waals surface area contributed by atoms with Gasteiger partial charge >= 0.3 is 0 Å². The predicted octanol–water partition coefficient (Wildman–Crippen LogP) is 15.6. The van der Waals surface area contributed by atoms with Gasteiger partial charge in [-0.2, -0.15) is 0 Å². The quantitative estimate of drug-likeness (QED) is 0.158. The molecule has 11 aromatic rings. The second-order valence-corrected chi connectivity index (χ2v) is 14.6. The highest BCUT2D eigenvalue weighted by Gasteiger charge is 2.18. The fourth-order valence-electron chi connectivity index (χ4n) is 8.56. The second kappa shape index (κ2) is 14.1. The smallest absolute Gasteiger partial charge is 0.0645 e. The summed E-state index contributed by atoms with van der Waals surface area (Å²) in [6.07, 6.45) is 0. The SMILES string of the molecule is [2H]c1c([2H])c(N(c2ccc(-c3ccccc3-n3c4ccccc4c4ccccc43)cc2)c2ccc(-c3cccc4ccccc34)cc2)c([2H])c([2H])c1-c1cccc2ccccc12. The highest BCUT2D eigenvalue weighted by Crippen LogP contribution is 2.41. The molecule has 0 aliphatic rings. The number of para-hydroxylation sites is 3. The standard InChI is InChI=1S/C56H38N2/c1-3-17-47-39(13-1)15-11-22-49(47)41-27-33-44(34-28-41)57(45-35-29-42(30-36-45)50-23-12-16-40-14-2-4-18-48(40)50)46-37-31-43(32-38-46)51-19-5-8-24-54(51)58-55-25-9-6-20-52(55)53-21-7-10-26-56(53)58/h1-38H/i27D,28D,33D,34D. The Bertz CT molecular complexity index is 3420. The van der Waals surface area contributed by atoms with Gasteiger partial charge in [-0.1, -0.05) is 176 Å². The fraction of sp³-hybridized carbons (Fsp3) is 0. The van der Waals surface area contributed by atoms with Gasteiger partial charge in [0.25, 0.3) is 0 Å². The molecule has 10 aromatic carbocycles. The molecule has 2 heteroatoms. The van der Waals surface area contributed by atoms with Crippen LogP contribution in [0.15, 0.2) is 230 Å². The minimum absolute atomic E-state index is 0.0912. The van der Waals surface area contributed by atoms with Gasteiger partial charge in [0.1, 0.15) is 0 Å². The molecule has 1 heterocycles. The van der Waals surface area contributed by atoms with E-state index in [4.69, 9.17) is 0 Å². The van der Waals surface area contributed by atoms with Crippen molar-refractivity contribution in [2.24, 2.45) is 0 Å². The van der Waals surface area contributed by atoms with Crippen molar-refractivity contribution >= 4 is 60.4 Å². The maximum atomic E-state index is 9.61. The van der Waals surface area contributed by atoms with Crippen LogP contribution in [0.2, 0.25) is 0 Å². The first-order chi connectivity index (χ1) is 30.5. The summed E-state index contributed by atoms with van der Waals surface area (Å²) >= 11 is 0. The van der Waals surface area contributed by atoms with Gasteiger partial charge in [-0.3, -0.25) is 0 Å². The first kappa shape index (κ1) is 29.6. The van der Waals surface area contributed by atoms with Crippen LogP contribution in [0.1, 0.15) is 5.48 Å². The number of anilines is 3.